The lowest BCUT2D eigenvalue weighted by Crippen LogP contribution is -2.47. The number of carbonyl (C=O) groups excluding carboxylic acids is 3. The van der Waals surface area contributed by atoms with Gasteiger partial charge in [0.15, 0.2) is 0 Å². The Labute approximate surface area is 138 Å². The first-order valence-electron chi connectivity index (χ1n) is 7.44. The van der Waals surface area contributed by atoms with E-state index < -0.39 is 12.0 Å². The fourth-order valence-corrected chi connectivity index (χ4v) is 4.41. The van der Waals surface area contributed by atoms with Gasteiger partial charge in [0.2, 0.25) is 11.8 Å². The molecule has 2 amide bonds. The Bertz CT molecular complexity index is 661. The first-order chi connectivity index (χ1) is 10.9. The van der Waals surface area contributed by atoms with Crippen LogP contribution in [0.5, 0.6) is 5.75 Å². The van der Waals surface area contributed by atoms with E-state index in [1.54, 1.807) is 40.9 Å². The summed E-state index contributed by atoms with van der Waals surface area (Å²) in [5, 5.41) is 2.65. The molecule has 0 unspecified atom stereocenters. The number of anilines is 1. The number of rotatable bonds is 3. The highest BCUT2D eigenvalue weighted by Crippen LogP contribution is 2.47. The van der Waals surface area contributed by atoms with Crippen molar-refractivity contribution in [2.75, 3.05) is 11.1 Å². The zero-order valence-corrected chi connectivity index (χ0v) is 13.8. The first-order valence-corrected chi connectivity index (χ1v) is 8.43. The average Bonchev–Trinajstić information content (AvgIpc) is 2.98. The largest absolute Gasteiger partial charge is 0.425 e. The van der Waals surface area contributed by atoms with E-state index in [0.29, 0.717) is 23.6 Å². The molecule has 2 atom stereocenters. The average molecular weight is 334 g/mol. The van der Waals surface area contributed by atoms with Crippen LogP contribution in [0.25, 0.3) is 0 Å². The van der Waals surface area contributed by atoms with Gasteiger partial charge in [-0.25, -0.2) is 4.79 Å². The molecular weight excluding hydrogens is 316 g/mol. The van der Waals surface area contributed by atoms with Gasteiger partial charge in [-0.2, -0.15) is 0 Å². The van der Waals surface area contributed by atoms with Crippen molar-refractivity contribution in [3.05, 3.63) is 24.3 Å². The van der Waals surface area contributed by atoms with Crippen LogP contribution in [-0.4, -0.2) is 39.3 Å². The van der Waals surface area contributed by atoms with Gasteiger partial charge in [-0.05, 0) is 37.6 Å². The molecule has 0 radical (unpaired) electrons. The minimum atomic E-state index is -0.532. The highest BCUT2D eigenvalue weighted by Gasteiger charge is 2.53. The Morgan fingerprint density at radius 1 is 1.35 bits per heavy atom. The number of hydrogen-bond acceptors (Lipinski definition) is 5. The van der Waals surface area contributed by atoms with Crippen LogP contribution in [-0.2, 0) is 14.4 Å². The molecule has 3 rings (SSSR count). The molecule has 0 spiro atoms. The Balaban J connectivity index is 1.67. The van der Waals surface area contributed by atoms with Crippen LogP contribution in [0.3, 0.4) is 0 Å². The lowest BCUT2D eigenvalue weighted by molar-refractivity contribution is -0.146. The van der Waals surface area contributed by atoms with Crippen LogP contribution in [0.1, 0.15) is 26.7 Å². The number of ether oxygens (including phenoxy) is 1. The summed E-state index contributed by atoms with van der Waals surface area (Å²) in [4.78, 5) is 36.8. The van der Waals surface area contributed by atoms with Crippen LogP contribution in [0.15, 0.2) is 24.3 Å². The summed E-state index contributed by atoms with van der Waals surface area (Å²) < 4.78 is 5.40. The molecule has 0 aromatic heterocycles. The molecule has 2 heterocycles. The second kappa shape index (κ2) is 5.88. The zero-order valence-electron chi connectivity index (χ0n) is 13.0. The van der Waals surface area contributed by atoms with E-state index in [1.165, 1.54) is 6.92 Å². The maximum atomic E-state index is 12.4. The lowest BCUT2D eigenvalue weighted by atomic mass is 10.2. The molecule has 1 aromatic rings. The quantitative estimate of drug-likeness (QED) is 0.676. The smallest absolute Gasteiger partial charge is 0.335 e. The Morgan fingerprint density at radius 3 is 2.70 bits per heavy atom. The fourth-order valence-electron chi connectivity index (χ4n) is 2.99. The third kappa shape index (κ3) is 3.06. The number of esters is 1. The number of fused-ring (bicyclic) bond motifs is 1. The molecule has 6 nitrogen and oxygen atoms in total. The summed E-state index contributed by atoms with van der Waals surface area (Å²) in [7, 11) is 0. The van der Waals surface area contributed by atoms with E-state index in [1.807, 2.05) is 6.92 Å². The normalized spacial score (nSPS) is 26.1. The molecule has 23 heavy (non-hydrogen) atoms. The number of hydrogen-bond donors (Lipinski definition) is 1. The fraction of sp³-hybridized carbons (Fsp3) is 0.438. The molecule has 2 saturated heterocycles. The molecule has 1 N–H and O–H groups in total. The molecule has 2 fully saturated rings. The monoisotopic (exact) mass is 334 g/mol. The van der Waals surface area contributed by atoms with E-state index >= 15 is 0 Å². The summed E-state index contributed by atoms with van der Waals surface area (Å²) in [6.07, 6.45) is 1.25. The number of carbonyl (C=O) groups is 3. The van der Waals surface area contributed by atoms with Gasteiger partial charge in [-0.1, -0.05) is 0 Å². The van der Waals surface area contributed by atoms with Gasteiger partial charge in [-0.3, -0.25) is 9.59 Å². The van der Waals surface area contributed by atoms with Crippen LogP contribution in [0.4, 0.5) is 5.69 Å². The van der Waals surface area contributed by atoms with Crippen molar-refractivity contribution in [3.8, 4) is 5.75 Å². The van der Waals surface area contributed by atoms with Gasteiger partial charge < -0.3 is 15.0 Å². The van der Waals surface area contributed by atoms with E-state index in [0.717, 1.165) is 6.42 Å². The molecule has 122 valence electrons. The lowest BCUT2D eigenvalue weighted by Gasteiger charge is -2.29. The predicted octanol–water partition coefficient (Wildman–Crippen LogP) is 2.00. The summed E-state index contributed by atoms with van der Waals surface area (Å²) in [5.74, 6) is 0.397. The van der Waals surface area contributed by atoms with Gasteiger partial charge >= 0.3 is 5.97 Å². The Kier molecular flexibility index (Phi) is 4.06. The van der Waals surface area contributed by atoms with Gasteiger partial charge in [-0.15, -0.1) is 11.8 Å². The first kappa shape index (κ1) is 15.9. The van der Waals surface area contributed by atoms with Crippen LogP contribution >= 0.6 is 11.8 Å². The predicted molar refractivity (Wildman–Crippen MR) is 87.1 cm³/mol. The van der Waals surface area contributed by atoms with Crippen LogP contribution in [0.2, 0.25) is 0 Å². The van der Waals surface area contributed by atoms with Crippen molar-refractivity contribution in [1.82, 2.24) is 4.90 Å². The summed E-state index contributed by atoms with van der Waals surface area (Å²) in [6, 6.07) is 6.04. The number of benzene rings is 1. The molecule has 0 bridgehead atoms. The molecule has 1 aromatic carbocycles. The number of nitrogens with one attached hydrogen (secondary N) is 1. The molecule has 0 saturated carbocycles. The number of nitrogens with zero attached hydrogens (tertiary/aromatic N) is 1. The van der Waals surface area contributed by atoms with Crippen LogP contribution < -0.4 is 10.1 Å². The third-order valence-corrected chi connectivity index (χ3v) is 5.62. The highest BCUT2D eigenvalue weighted by molar-refractivity contribution is 8.01. The SMILES string of the molecule is CC(=O)Nc1ccc(OC(=O)[C@@H]2CS[C@]3(C)CCC(=O)N23)cc1. The van der Waals surface area contributed by atoms with Crippen LogP contribution in [0, 0.1) is 0 Å². The van der Waals surface area contributed by atoms with Crippen molar-refractivity contribution in [1.29, 1.82) is 0 Å². The number of amides is 2. The molecule has 0 aliphatic carbocycles. The van der Waals surface area contributed by atoms with Crippen molar-refractivity contribution >= 4 is 35.2 Å². The second-order valence-corrected chi connectivity index (χ2v) is 7.39. The summed E-state index contributed by atoms with van der Waals surface area (Å²) >= 11 is 1.63. The maximum Gasteiger partial charge on any atom is 0.335 e. The maximum absolute atomic E-state index is 12.4. The van der Waals surface area contributed by atoms with E-state index in [2.05, 4.69) is 5.32 Å². The molecule has 2 aliphatic heterocycles. The topological polar surface area (TPSA) is 75.7 Å². The molecule has 7 heteroatoms. The van der Waals surface area contributed by atoms with Gasteiger partial charge in [0, 0.05) is 24.8 Å². The number of thioether (sulfide) groups is 1. The third-order valence-electron chi connectivity index (χ3n) is 4.11. The molecular formula is C16H18N2O4S. The summed E-state index contributed by atoms with van der Waals surface area (Å²) in [5.41, 5.74) is 0.635. The Morgan fingerprint density at radius 2 is 2.04 bits per heavy atom. The van der Waals surface area contributed by atoms with Gasteiger partial charge in [0.05, 0.1) is 4.87 Å². The highest BCUT2D eigenvalue weighted by atomic mass is 32.2. The van der Waals surface area contributed by atoms with Crippen molar-refractivity contribution in [2.45, 2.75) is 37.6 Å². The summed E-state index contributed by atoms with van der Waals surface area (Å²) in [6.45, 7) is 3.42. The van der Waals surface area contributed by atoms with E-state index in [-0.39, 0.29) is 16.7 Å². The Hall–Kier alpha value is -2.02. The van der Waals surface area contributed by atoms with Crippen molar-refractivity contribution < 1.29 is 19.1 Å². The second-order valence-electron chi connectivity index (χ2n) is 5.89. The minimum Gasteiger partial charge on any atom is -0.425 e. The zero-order chi connectivity index (χ0) is 16.6. The van der Waals surface area contributed by atoms with Gasteiger partial charge in [0.1, 0.15) is 11.8 Å². The molecule has 2 aliphatic rings. The van der Waals surface area contributed by atoms with Crippen molar-refractivity contribution in [3.63, 3.8) is 0 Å². The standard InChI is InChI=1S/C16H18N2O4S/c1-10(19)17-11-3-5-12(6-4-11)22-15(21)13-9-23-16(2)8-7-14(20)18(13)16/h3-6,13H,7-9H2,1-2H3,(H,17,19)/t13-,16+/m0/s1. The van der Waals surface area contributed by atoms with E-state index in [4.69, 9.17) is 4.74 Å². The minimum absolute atomic E-state index is 0.0143. The van der Waals surface area contributed by atoms with E-state index in [9.17, 15) is 14.4 Å². The van der Waals surface area contributed by atoms with Crippen molar-refractivity contribution in [2.24, 2.45) is 0 Å². The van der Waals surface area contributed by atoms with Gasteiger partial charge in [0.25, 0.3) is 0 Å².